The molecule has 1 saturated heterocycles. The largest absolute Gasteiger partial charge is 0.394 e. The molecule has 6 N–H and O–H groups in total. The quantitative estimate of drug-likeness (QED) is 0.360. The van der Waals surface area contributed by atoms with E-state index < -0.39 is 49.2 Å². The number of carbonyl (C=O) groups is 1. The van der Waals surface area contributed by atoms with Crippen molar-refractivity contribution >= 4 is 22.9 Å². The molecule has 27 heavy (non-hydrogen) atoms. The van der Waals surface area contributed by atoms with E-state index in [1.165, 1.54) is 31.2 Å². The average Bonchev–Trinajstić information content (AvgIpc) is 3.21. The van der Waals surface area contributed by atoms with Crippen LogP contribution in [0.25, 0.3) is 11.2 Å². The van der Waals surface area contributed by atoms with Crippen LogP contribution in [0.5, 0.6) is 0 Å². The summed E-state index contributed by atoms with van der Waals surface area (Å²) >= 11 is 0. The number of hydrogen-bond donors (Lipinski definition) is 5. The third-order valence-electron chi connectivity index (χ3n) is 4.58. The van der Waals surface area contributed by atoms with E-state index in [1.807, 2.05) is 0 Å². The number of likely N-dealkylation sites (N-methyl/N-ethyl adjacent to an activating group) is 1. The summed E-state index contributed by atoms with van der Waals surface area (Å²) in [6.07, 6.45) is -3.06. The Labute approximate surface area is 153 Å². The Kier molecular flexibility index (Phi) is 5.37. The monoisotopic (exact) mass is 382 g/mol. The van der Waals surface area contributed by atoms with Crippen LogP contribution in [0.3, 0.4) is 0 Å². The van der Waals surface area contributed by atoms with E-state index in [4.69, 9.17) is 10.5 Å². The van der Waals surface area contributed by atoms with Crippen LogP contribution >= 0.6 is 0 Å². The van der Waals surface area contributed by atoms with E-state index in [2.05, 4.69) is 15.0 Å². The Morgan fingerprint density at radius 1 is 1.37 bits per heavy atom. The number of aliphatic hydroxyl groups is 4. The Balaban J connectivity index is 1.97. The third kappa shape index (κ3) is 3.26. The molecule has 6 atom stereocenters. The van der Waals surface area contributed by atoms with Crippen molar-refractivity contribution in [3.05, 3.63) is 12.7 Å². The lowest BCUT2D eigenvalue weighted by Crippen LogP contribution is -2.48. The second-order valence-electron chi connectivity index (χ2n) is 6.41. The van der Waals surface area contributed by atoms with Crippen molar-refractivity contribution in [2.75, 3.05) is 18.6 Å². The van der Waals surface area contributed by atoms with Gasteiger partial charge in [-0.1, -0.05) is 0 Å². The van der Waals surface area contributed by atoms with Gasteiger partial charge in [0.2, 0.25) is 5.91 Å². The minimum atomic E-state index is -1.30. The molecule has 12 nitrogen and oxygen atoms in total. The fraction of sp³-hybridized carbons (Fsp3) is 0.600. The number of fused-ring (bicyclic) bond motifs is 1. The number of aromatic nitrogens is 4. The molecule has 12 heteroatoms. The maximum Gasteiger partial charge on any atom is 0.247 e. The molecule has 0 spiro atoms. The first kappa shape index (κ1) is 19.5. The zero-order chi connectivity index (χ0) is 19.9. The highest BCUT2D eigenvalue weighted by atomic mass is 16.6. The molecule has 0 radical (unpaired) electrons. The summed E-state index contributed by atoms with van der Waals surface area (Å²) in [7, 11) is 1.44. The summed E-state index contributed by atoms with van der Waals surface area (Å²) in [4.78, 5) is 25.9. The molecular weight excluding hydrogens is 360 g/mol. The molecule has 2 aromatic rings. The van der Waals surface area contributed by atoms with E-state index in [0.717, 1.165) is 4.90 Å². The predicted molar refractivity (Wildman–Crippen MR) is 91.4 cm³/mol. The van der Waals surface area contributed by atoms with Crippen LogP contribution in [0.1, 0.15) is 13.2 Å². The molecule has 1 aliphatic heterocycles. The standard InChI is InChI=1S/C15H22N6O6/c1-6(23)8(16)14(26)20(2)12-9-13(18-4-17-12)21(5-19-9)15-11(25)10(24)7(3-22)27-15/h4-8,10-11,15,22-25H,3,16H2,1-2H3/t6?,7-,8?,10-,11-,15-/m1/s1. The number of amides is 1. The van der Waals surface area contributed by atoms with Crippen LogP contribution in [-0.4, -0.2) is 90.0 Å². The third-order valence-corrected chi connectivity index (χ3v) is 4.58. The molecular formula is C15H22N6O6. The molecule has 0 bridgehead atoms. The molecule has 2 unspecified atom stereocenters. The van der Waals surface area contributed by atoms with E-state index in [0.29, 0.717) is 0 Å². The summed E-state index contributed by atoms with van der Waals surface area (Å²) in [6, 6.07) is -1.14. The zero-order valence-electron chi connectivity index (χ0n) is 14.7. The van der Waals surface area contributed by atoms with E-state index in [-0.39, 0.29) is 17.0 Å². The number of hydrogen-bond acceptors (Lipinski definition) is 10. The smallest absolute Gasteiger partial charge is 0.247 e. The lowest BCUT2D eigenvalue weighted by molar-refractivity contribution is -0.121. The van der Waals surface area contributed by atoms with Crippen molar-refractivity contribution in [3.63, 3.8) is 0 Å². The summed E-state index contributed by atoms with van der Waals surface area (Å²) in [5, 5.41) is 38.9. The zero-order valence-corrected chi connectivity index (χ0v) is 14.7. The number of imidazole rings is 1. The van der Waals surface area contributed by atoms with Gasteiger partial charge in [-0.25, -0.2) is 15.0 Å². The second-order valence-corrected chi connectivity index (χ2v) is 6.41. The molecule has 148 valence electrons. The van der Waals surface area contributed by atoms with Gasteiger partial charge in [-0.05, 0) is 6.92 Å². The summed E-state index contributed by atoms with van der Waals surface area (Å²) in [6.45, 7) is 0.943. The van der Waals surface area contributed by atoms with Crippen LogP contribution in [-0.2, 0) is 9.53 Å². The Morgan fingerprint density at radius 3 is 2.67 bits per heavy atom. The molecule has 3 heterocycles. The van der Waals surface area contributed by atoms with Crippen molar-refractivity contribution in [1.29, 1.82) is 0 Å². The van der Waals surface area contributed by atoms with Crippen molar-refractivity contribution < 1.29 is 30.0 Å². The molecule has 1 amide bonds. The molecule has 0 aliphatic carbocycles. The highest BCUT2D eigenvalue weighted by Gasteiger charge is 2.44. The van der Waals surface area contributed by atoms with Gasteiger partial charge in [-0.3, -0.25) is 14.3 Å². The number of aliphatic hydroxyl groups excluding tert-OH is 4. The fourth-order valence-electron chi connectivity index (χ4n) is 2.92. The van der Waals surface area contributed by atoms with Gasteiger partial charge in [0.25, 0.3) is 0 Å². The Morgan fingerprint density at radius 2 is 2.07 bits per heavy atom. The second kappa shape index (κ2) is 7.42. The van der Waals surface area contributed by atoms with E-state index >= 15 is 0 Å². The van der Waals surface area contributed by atoms with Crippen molar-refractivity contribution in [3.8, 4) is 0 Å². The Bertz CT molecular complexity index is 828. The van der Waals surface area contributed by atoms with Gasteiger partial charge in [0.15, 0.2) is 23.2 Å². The van der Waals surface area contributed by atoms with Crippen LogP contribution in [0.15, 0.2) is 12.7 Å². The highest BCUT2D eigenvalue weighted by Crippen LogP contribution is 2.32. The highest BCUT2D eigenvalue weighted by molar-refractivity contribution is 6.01. The lowest BCUT2D eigenvalue weighted by Gasteiger charge is -2.22. The first-order valence-corrected chi connectivity index (χ1v) is 8.29. The summed E-state index contributed by atoms with van der Waals surface area (Å²) in [5.74, 6) is -0.404. The van der Waals surface area contributed by atoms with Crippen LogP contribution in [0, 0.1) is 0 Å². The van der Waals surface area contributed by atoms with Crippen LogP contribution in [0.4, 0.5) is 5.82 Å². The van der Waals surface area contributed by atoms with E-state index in [1.54, 1.807) is 0 Å². The summed E-state index contributed by atoms with van der Waals surface area (Å²) in [5.41, 5.74) is 6.19. The number of rotatable bonds is 5. The van der Waals surface area contributed by atoms with Crippen molar-refractivity contribution in [2.24, 2.45) is 5.73 Å². The molecule has 3 rings (SSSR count). The number of nitrogens with zero attached hydrogens (tertiary/aromatic N) is 5. The van der Waals surface area contributed by atoms with Crippen LogP contribution in [0.2, 0.25) is 0 Å². The Hall–Kier alpha value is -2.22. The van der Waals surface area contributed by atoms with Crippen molar-refractivity contribution in [1.82, 2.24) is 19.5 Å². The maximum atomic E-state index is 12.4. The fourth-order valence-corrected chi connectivity index (χ4v) is 2.92. The van der Waals surface area contributed by atoms with Gasteiger partial charge in [0.05, 0.1) is 19.0 Å². The number of nitrogens with two attached hydrogens (primary N) is 1. The normalized spacial score (nSPS) is 27.7. The molecule has 1 fully saturated rings. The van der Waals surface area contributed by atoms with Gasteiger partial charge in [-0.15, -0.1) is 0 Å². The summed E-state index contributed by atoms with van der Waals surface area (Å²) < 4.78 is 6.87. The lowest BCUT2D eigenvalue weighted by atomic mass is 10.1. The van der Waals surface area contributed by atoms with Crippen LogP contribution < -0.4 is 10.6 Å². The van der Waals surface area contributed by atoms with Gasteiger partial charge in [0, 0.05) is 7.05 Å². The van der Waals surface area contributed by atoms with Gasteiger partial charge in [0.1, 0.15) is 30.7 Å². The van der Waals surface area contributed by atoms with Gasteiger partial charge < -0.3 is 30.9 Å². The topological polar surface area (TPSA) is 180 Å². The SMILES string of the molecule is CC(O)C(N)C(=O)N(C)c1ncnc2c1ncn2[C@@H]1O[C@H](CO)[C@@H](O)[C@H]1O. The average molecular weight is 382 g/mol. The number of anilines is 1. The molecule has 0 saturated carbocycles. The van der Waals surface area contributed by atoms with Crippen molar-refractivity contribution in [2.45, 2.75) is 43.6 Å². The van der Waals surface area contributed by atoms with Gasteiger partial charge >= 0.3 is 0 Å². The predicted octanol–water partition coefficient (Wildman–Crippen LogP) is -2.89. The molecule has 2 aromatic heterocycles. The minimum absolute atomic E-state index is 0.159. The molecule has 1 aliphatic rings. The number of carbonyl (C=O) groups excluding carboxylic acids is 1. The van der Waals surface area contributed by atoms with Gasteiger partial charge in [-0.2, -0.15) is 0 Å². The first-order valence-electron chi connectivity index (χ1n) is 8.29. The minimum Gasteiger partial charge on any atom is -0.394 e. The maximum absolute atomic E-state index is 12.4. The number of ether oxygens (including phenoxy) is 1. The first-order chi connectivity index (χ1) is 12.8. The molecule has 0 aromatic carbocycles. The van der Waals surface area contributed by atoms with E-state index in [9.17, 15) is 25.2 Å².